The van der Waals surface area contributed by atoms with E-state index in [1.54, 1.807) is 0 Å². The van der Waals surface area contributed by atoms with Crippen LogP contribution in [0.2, 0.25) is 0 Å². The van der Waals surface area contributed by atoms with Gasteiger partial charge in [0.25, 0.3) is 5.69 Å². The van der Waals surface area contributed by atoms with Gasteiger partial charge in [-0.25, -0.2) is 4.79 Å². The number of benzene rings is 1. The summed E-state index contributed by atoms with van der Waals surface area (Å²) in [5.41, 5.74) is -2.16. The molecule has 2 rings (SSSR count). The third-order valence-corrected chi connectivity index (χ3v) is 3.17. The molecule has 0 heterocycles. The van der Waals surface area contributed by atoms with Crippen molar-refractivity contribution in [3.63, 3.8) is 0 Å². The molecule has 1 aliphatic rings. The molecule has 6 nitrogen and oxygen atoms in total. The maximum absolute atomic E-state index is 12.6. The molecule has 0 aromatic heterocycles. The van der Waals surface area contributed by atoms with E-state index in [1.165, 1.54) is 0 Å². The number of alkyl halides is 3. The summed E-state index contributed by atoms with van der Waals surface area (Å²) < 4.78 is 46.9. The van der Waals surface area contributed by atoms with Gasteiger partial charge in [0.15, 0.2) is 0 Å². The number of ether oxygens (including phenoxy) is 2. The lowest BCUT2D eigenvalue weighted by atomic mass is 10.1. The average Bonchev–Trinajstić information content (AvgIpc) is 3.17. The number of carbonyl (C=O) groups excluding carboxylic acids is 1. The summed E-state index contributed by atoms with van der Waals surface area (Å²) in [5, 5.41) is 10.4. The van der Waals surface area contributed by atoms with Crippen LogP contribution >= 0.6 is 0 Å². The lowest BCUT2D eigenvalue weighted by Gasteiger charge is -2.18. The van der Waals surface area contributed by atoms with Crippen LogP contribution < -0.4 is 4.74 Å². The van der Waals surface area contributed by atoms with Gasteiger partial charge in [-0.2, -0.15) is 13.2 Å². The van der Waals surface area contributed by atoms with Crippen LogP contribution in [0.4, 0.5) is 23.7 Å². The summed E-state index contributed by atoms with van der Waals surface area (Å²) >= 11 is 0. The number of rotatable bonds is 4. The van der Waals surface area contributed by atoms with E-state index in [-0.39, 0.29) is 24.3 Å². The molecule has 0 radical (unpaired) electrons. The van der Waals surface area contributed by atoms with Gasteiger partial charge < -0.3 is 9.47 Å². The van der Waals surface area contributed by atoms with Crippen molar-refractivity contribution in [3.05, 3.63) is 34.4 Å². The fourth-order valence-corrected chi connectivity index (χ4v) is 1.62. The number of non-ortho nitro benzene ring substituents is 1. The highest BCUT2D eigenvalue weighted by molar-refractivity contribution is 5.64. The van der Waals surface area contributed by atoms with Crippen LogP contribution in [0.1, 0.15) is 12.8 Å². The number of nitro groups is 1. The lowest BCUT2D eigenvalue weighted by Crippen LogP contribution is -2.31. The van der Waals surface area contributed by atoms with Gasteiger partial charge in [0.1, 0.15) is 17.8 Å². The predicted octanol–water partition coefficient (Wildman–Crippen LogP) is 3.45. The predicted molar refractivity (Wildman–Crippen MR) is 62.8 cm³/mol. The summed E-state index contributed by atoms with van der Waals surface area (Å²) in [6.45, 7) is -0.789. The summed E-state index contributed by atoms with van der Waals surface area (Å²) in [4.78, 5) is 21.1. The largest absolute Gasteiger partial charge is 0.513 e. The molecule has 0 N–H and O–H groups in total. The third-order valence-electron chi connectivity index (χ3n) is 3.17. The van der Waals surface area contributed by atoms with E-state index < -0.39 is 29.3 Å². The first kappa shape index (κ1) is 15.1. The van der Waals surface area contributed by atoms with Crippen molar-refractivity contribution >= 4 is 11.8 Å². The van der Waals surface area contributed by atoms with Gasteiger partial charge >= 0.3 is 12.3 Å². The van der Waals surface area contributed by atoms with Crippen molar-refractivity contribution in [2.24, 2.45) is 5.41 Å². The zero-order chi connectivity index (χ0) is 15.7. The number of nitrogens with zero attached hydrogens (tertiary/aromatic N) is 1. The van der Waals surface area contributed by atoms with Crippen molar-refractivity contribution in [3.8, 4) is 5.75 Å². The molecule has 0 spiro atoms. The summed E-state index contributed by atoms with van der Waals surface area (Å²) in [7, 11) is 0. The number of nitro benzene ring substituents is 1. The van der Waals surface area contributed by atoms with Gasteiger partial charge in [-0.15, -0.1) is 0 Å². The highest BCUT2D eigenvalue weighted by Gasteiger charge is 2.64. The Bertz CT molecular complexity index is 551. The summed E-state index contributed by atoms with van der Waals surface area (Å²) in [6.07, 6.45) is -5.86. The lowest BCUT2D eigenvalue weighted by molar-refractivity contribution is -0.384. The van der Waals surface area contributed by atoms with E-state index in [1.807, 2.05) is 0 Å². The molecule has 0 aliphatic heterocycles. The summed E-state index contributed by atoms with van der Waals surface area (Å²) in [5.74, 6) is -0.0533. The minimum atomic E-state index is -4.42. The fourth-order valence-electron chi connectivity index (χ4n) is 1.62. The molecular weight excluding hydrogens is 295 g/mol. The molecule has 1 fully saturated rings. The van der Waals surface area contributed by atoms with Crippen molar-refractivity contribution in [2.75, 3.05) is 6.61 Å². The first-order chi connectivity index (χ1) is 9.73. The molecule has 0 saturated heterocycles. The standard InChI is InChI=1S/C12H10F3NO5/c13-12(14,15)11(5-6-11)7-20-10(17)21-9-3-1-8(2-4-9)16(18)19/h1-4H,5-7H2. The minimum absolute atomic E-state index is 0.0533. The van der Waals surface area contributed by atoms with E-state index >= 15 is 0 Å². The second-order valence-corrected chi connectivity index (χ2v) is 4.67. The second kappa shape index (κ2) is 5.23. The zero-order valence-corrected chi connectivity index (χ0v) is 10.6. The van der Waals surface area contributed by atoms with Gasteiger partial charge in [0.05, 0.1) is 4.92 Å². The molecule has 114 valence electrons. The Labute approximate surface area is 116 Å². The highest BCUT2D eigenvalue weighted by atomic mass is 19.4. The smallest absolute Gasteiger partial charge is 0.433 e. The van der Waals surface area contributed by atoms with Gasteiger partial charge in [0, 0.05) is 12.1 Å². The molecule has 1 saturated carbocycles. The van der Waals surface area contributed by atoms with Gasteiger partial charge in [-0.1, -0.05) is 0 Å². The van der Waals surface area contributed by atoms with Crippen LogP contribution in [0, 0.1) is 15.5 Å². The van der Waals surface area contributed by atoms with Crippen LogP contribution in [0.25, 0.3) is 0 Å². The first-order valence-corrected chi connectivity index (χ1v) is 5.89. The van der Waals surface area contributed by atoms with E-state index in [2.05, 4.69) is 9.47 Å². The van der Waals surface area contributed by atoms with Gasteiger partial charge in [0.2, 0.25) is 0 Å². The molecule has 1 aromatic carbocycles. The topological polar surface area (TPSA) is 78.7 Å². The third kappa shape index (κ3) is 3.41. The van der Waals surface area contributed by atoms with E-state index in [9.17, 15) is 28.1 Å². The monoisotopic (exact) mass is 305 g/mol. The Morgan fingerprint density at radius 2 is 1.86 bits per heavy atom. The van der Waals surface area contributed by atoms with Crippen LogP contribution in [-0.2, 0) is 4.74 Å². The molecule has 9 heteroatoms. The van der Waals surface area contributed by atoms with E-state index in [0.717, 1.165) is 24.3 Å². The molecule has 0 unspecified atom stereocenters. The van der Waals surface area contributed by atoms with Crippen LogP contribution in [0.3, 0.4) is 0 Å². The quantitative estimate of drug-likeness (QED) is 0.368. The first-order valence-electron chi connectivity index (χ1n) is 5.89. The Balaban J connectivity index is 1.86. The average molecular weight is 305 g/mol. The number of halogens is 3. The second-order valence-electron chi connectivity index (χ2n) is 4.67. The maximum Gasteiger partial charge on any atom is 0.513 e. The number of carbonyl (C=O) groups is 1. The Morgan fingerprint density at radius 3 is 2.29 bits per heavy atom. The normalized spacial score (nSPS) is 16.1. The van der Waals surface area contributed by atoms with Crippen LogP contribution in [0.5, 0.6) is 5.75 Å². The Morgan fingerprint density at radius 1 is 1.29 bits per heavy atom. The summed E-state index contributed by atoms with van der Waals surface area (Å²) in [6, 6.07) is 4.49. The molecule has 0 bridgehead atoms. The SMILES string of the molecule is O=C(OCC1(C(F)(F)F)CC1)Oc1ccc([N+](=O)[O-])cc1. The van der Waals surface area contributed by atoms with Crippen molar-refractivity contribution in [1.29, 1.82) is 0 Å². The number of hydrogen-bond acceptors (Lipinski definition) is 5. The molecule has 1 aliphatic carbocycles. The van der Waals surface area contributed by atoms with Gasteiger partial charge in [-0.05, 0) is 25.0 Å². The fraction of sp³-hybridized carbons (Fsp3) is 0.417. The molecular formula is C12H10F3NO5. The van der Waals surface area contributed by atoms with Crippen LogP contribution in [0.15, 0.2) is 24.3 Å². The van der Waals surface area contributed by atoms with Crippen molar-refractivity contribution < 1.29 is 32.4 Å². The van der Waals surface area contributed by atoms with E-state index in [4.69, 9.17) is 0 Å². The van der Waals surface area contributed by atoms with Gasteiger partial charge in [-0.3, -0.25) is 10.1 Å². The van der Waals surface area contributed by atoms with Crippen molar-refractivity contribution in [2.45, 2.75) is 19.0 Å². The molecule has 1 aromatic rings. The maximum atomic E-state index is 12.6. The van der Waals surface area contributed by atoms with Crippen LogP contribution in [-0.4, -0.2) is 23.9 Å². The number of hydrogen-bond donors (Lipinski definition) is 0. The Kier molecular flexibility index (Phi) is 3.75. The van der Waals surface area contributed by atoms with E-state index in [0.29, 0.717) is 0 Å². The minimum Gasteiger partial charge on any atom is -0.433 e. The Hall–Kier alpha value is -2.32. The molecule has 0 amide bonds. The van der Waals surface area contributed by atoms with Crippen molar-refractivity contribution in [1.82, 2.24) is 0 Å². The molecule has 0 atom stereocenters. The highest BCUT2D eigenvalue weighted by Crippen LogP contribution is 2.57. The zero-order valence-electron chi connectivity index (χ0n) is 10.6. The molecule has 21 heavy (non-hydrogen) atoms.